The molecular formula is C11H8F5N3OS. The Labute approximate surface area is 119 Å². The fraction of sp³-hybridized carbons (Fsp3) is 0.273. The third kappa shape index (κ3) is 3.04. The lowest BCUT2D eigenvalue weighted by Gasteiger charge is -2.08. The van der Waals surface area contributed by atoms with E-state index in [0.29, 0.717) is 11.7 Å². The van der Waals surface area contributed by atoms with Gasteiger partial charge in [-0.05, 0) is 6.92 Å². The zero-order chi connectivity index (χ0) is 15.6. The molecule has 0 fully saturated rings. The van der Waals surface area contributed by atoms with Gasteiger partial charge in [0.25, 0.3) is 0 Å². The number of hydrogen-bond acceptors (Lipinski definition) is 5. The maximum atomic E-state index is 13.3. The number of rotatable bonds is 5. The van der Waals surface area contributed by atoms with Gasteiger partial charge in [0.1, 0.15) is 6.61 Å². The summed E-state index contributed by atoms with van der Waals surface area (Å²) < 4.78 is 70.1. The van der Waals surface area contributed by atoms with Crippen molar-refractivity contribution in [2.45, 2.75) is 13.5 Å². The maximum absolute atomic E-state index is 13.3. The minimum atomic E-state index is -2.23. The summed E-state index contributed by atoms with van der Waals surface area (Å²) >= 11 is 1.04. The van der Waals surface area contributed by atoms with Gasteiger partial charge in [-0.15, -0.1) is 10.2 Å². The summed E-state index contributed by atoms with van der Waals surface area (Å²) in [5.74, 6) is -11.7. The molecule has 114 valence electrons. The molecule has 0 bridgehead atoms. The molecule has 21 heavy (non-hydrogen) atoms. The second kappa shape index (κ2) is 6.20. The van der Waals surface area contributed by atoms with Crippen LogP contribution in [0.5, 0.6) is 5.75 Å². The van der Waals surface area contributed by atoms with Gasteiger partial charge in [0.2, 0.25) is 34.2 Å². The molecule has 0 saturated carbocycles. The fourth-order valence-corrected chi connectivity index (χ4v) is 2.10. The summed E-state index contributed by atoms with van der Waals surface area (Å²) in [5, 5.41) is 10.9. The molecule has 2 rings (SSSR count). The third-order valence-electron chi connectivity index (χ3n) is 2.30. The minimum absolute atomic E-state index is 0.217. The first-order valence-electron chi connectivity index (χ1n) is 5.66. The standard InChI is InChI=1S/C11H8F5N3OS/c1-2-17-11-19-18-4(21-11)3-20-10-8(15)6(13)5(12)7(14)9(10)16/h2-3H2,1H3,(H,17,19). The van der Waals surface area contributed by atoms with Crippen LogP contribution in [-0.2, 0) is 6.61 Å². The Kier molecular flexibility index (Phi) is 4.56. The summed E-state index contributed by atoms with van der Waals surface area (Å²) in [4.78, 5) is 0. The Bertz CT molecular complexity index is 635. The molecule has 0 aliphatic rings. The molecule has 1 aromatic carbocycles. The van der Waals surface area contributed by atoms with Crippen molar-refractivity contribution in [1.29, 1.82) is 0 Å². The van der Waals surface area contributed by atoms with Gasteiger partial charge in [-0.25, -0.2) is 13.2 Å². The van der Waals surface area contributed by atoms with E-state index in [1.165, 1.54) is 0 Å². The Balaban J connectivity index is 2.20. The Hall–Kier alpha value is -1.97. The summed E-state index contributed by atoms with van der Waals surface area (Å²) in [6, 6.07) is 0. The van der Waals surface area contributed by atoms with Crippen molar-refractivity contribution >= 4 is 16.5 Å². The van der Waals surface area contributed by atoms with Crippen molar-refractivity contribution in [1.82, 2.24) is 10.2 Å². The molecule has 0 aliphatic heterocycles. The zero-order valence-electron chi connectivity index (χ0n) is 10.5. The maximum Gasteiger partial charge on any atom is 0.207 e. The molecule has 4 nitrogen and oxygen atoms in total. The number of hydrogen-bond donors (Lipinski definition) is 1. The van der Waals surface area contributed by atoms with E-state index in [-0.39, 0.29) is 5.01 Å². The molecule has 1 aromatic heterocycles. The van der Waals surface area contributed by atoms with Crippen molar-refractivity contribution in [2.75, 3.05) is 11.9 Å². The van der Waals surface area contributed by atoms with E-state index in [0.717, 1.165) is 11.3 Å². The lowest BCUT2D eigenvalue weighted by atomic mass is 10.2. The summed E-state index contributed by atoms with van der Waals surface area (Å²) in [7, 11) is 0. The van der Waals surface area contributed by atoms with Crippen LogP contribution in [0.2, 0.25) is 0 Å². The van der Waals surface area contributed by atoms with Crippen molar-refractivity contribution in [3.63, 3.8) is 0 Å². The van der Waals surface area contributed by atoms with E-state index in [9.17, 15) is 22.0 Å². The molecule has 0 atom stereocenters. The summed E-state index contributed by atoms with van der Waals surface area (Å²) in [5.41, 5.74) is 0. The predicted molar refractivity (Wildman–Crippen MR) is 64.6 cm³/mol. The van der Waals surface area contributed by atoms with Crippen LogP contribution in [0.25, 0.3) is 0 Å². The second-order valence-corrected chi connectivity index (χ2v) is 4.78. The van der Waals surface area contributed by atoms with Crippen LogP contribution in [0.3, 0.4) is 0 Å². The van der Waals surface area contributed by atoms with E-state index in [1.54, 1.807) is 0 Å². The van der Waals surface area contributed by atoms with Crippen LogP contribution in [0.15, 0.2) is 0 Å². The van der Waals surface area contributed by atoms with Crippen LogP contribution in [-0.4, -0.2) is 16.7 Å². The van der Waals surface area contributed by atoms with Gasteiger partial charge in [0.15, 0.2) is 10.8 Å². The molecular weight excluding hydrogens is 317 g/mol. The molecule has 2 aromatic rings. The van der Waals surface area contributed by atoms with E-state index < -0.39 is 41.4 Å². The van der Waals surface area contributed by atoms with E-state index >= 15 is 0 Å². The topological polar surface area (TPSA) is 47.0 Å². The van der Waals surface area contributed by atoms with Gasteiger partial charge in [-0.3, -0.25) is 0 Å². The first kappa shape index (κ1) is 15.4. The third-order valence-corrected chi connectivity index (χ3v) is 3.16. The minimum Gasteiger partial charge on any atom is -0.480 e. The first-order valence-corrected chi connectivity index (χ1v) is 6.47. The molecule has 0 unspecified atom stereocenters. The highest BCUT2D eigenvalue weighted by Crippen LogP contribution is 2.30. The van der Waals surface area contributed by atoms with Crippen LogP contribution in [0, 0.1) is 29.1 Å². The van der Waals surface area contributed by atoms with Crippen LogP contribution >= 0.6 is 11.3 Å². The van der Waals surface area contributed by atoms with E-state index in [1.807, 2.05) is 6.92 Å². The summed E-state index contributed by atoms with van der Waals surface area (Å²) in [6.45, 7) is 1.95. The first-order chi connectivity index (χ1) is 9.95. The number of nitrogens with one attached hydrogen (secondary N) is 1. The molecule has 0 radical (unpaired) electrons. The van der Waals surface area contributed by atoms with Gasteiger partial charge in [-0.2, -0.15) is 8.78 Å². The second-order valence-electron chi connectivity index (χ2n) is 3.72. The number of halogens is 5. The van der Waals surface area contributed by atoms with E-state index in [2.05, 4.69) is 20.3 Å². The fourth-order valence-electron chi connectivity index (χ4n) is 1.38. The number of benzene rings is 1. The van der Waals surface area contributed by atoms with Gasteiger partial charge in [0.05, 0.1) is 0 Å². The average Bonchev–Trinajstić information content (AvgIpc) is 2.91. The van der Waals surface area contributed by atoms with Crippen molar-refractivity contribution in [3.8, 4) is 5.75 Å². The Morgan fingerprint density at radius 3 is 2.10 bits per heavy atom. The largest absolute Gasteiger partial charge is 0.480 e. The van der Waals surface area contributed by atoms with Gasteiger partial charge < -0.3 is 10.1 Å². The van der Waals surface area contributed by atoms with Crippen molar-refractivity contribution < 1.29 is 26.7 Å². The average molecular weight is 325 g/mol. The normalized spacial score (nSPS) is 10.8. The van der Waals surface area contributed by atoms with Gasteiger partial charge in [-0.1, -0.05) is 11.3 Å². The van der Waals surface area contributed by atoms with Crippen LogP contribution < -0.4 is 10.1 Å². The summed E-state index contributed by atoms with van der Waals surface area (Å²) in [6.07, 6.45) is 0. The molecule has 0 saturated heterocycles. The molecule has 0 aliphatic carbocycles. The SMILES string of the molecule is CCNc1nnc(COc2c(F)c(F)c(F)c(F)c2F)s1. The molecule has 0 amide bonds. The monoisotopic (exact) mass is 325 g/mol. The zero-order valence-corrected chi connectivity index (χ0v) is 11.3. The predicted octanol–water partition coefficient (Wildman–Crippen LogP) is 3.24. The Morgan fingerprint density at radius 2 is 1.52 bits per heavy atom. The van der Waals surface area contributed by atoms with Crippen LogP contribution in [0.1, 0.15) is 11.9 Å². The molecule has 1 N–H and O–H groups in total. The van der Waals surface area contributed by atoms with Crippen molar-refractivity contribution in [3.05, 3.63) is 34.1 Å². The Morgan fingerprint density at radius 1 is 0.952 bits per heavy atom. The molecule has 1 heterocycles. The number of nitrogens with zero attached hydrogens (tertiary/aromatic N) is 2. The number of anilines is 1. The molecule has 10 heteroatoms. The highest BCUT2D eigenvalue weighted by molar-refractivity contribution is 7.15. The number of ether oxygens (including phenoxy) is 1. The van der Waals surface area contributed by atoms with Gasteiger partial charge >= 0.3 is 0 Å². The van der Waals surface area contributed by atoms with E-state index in [4.69, 9.17) is 0 Å². The highest BCUT2D eigenvalue weighted by atomic mass is 32.1. The lowest BCUT2D eigenvalue weighted by Crippen LogP contribution is -2.07. The van der Waals surface area contributed by atoms with Crippen LogP contribution in [0.4, 0.5) is 27.1 Å². The quantitative estimate of drug-likeness (QED) is 0.521. The smallest absolute Gasteiger partial charge is 0.207 e. The molecule has 0 spiro atoms. The van der Waals surface area contributed by atoms with Crippen molar-refractivity contribution in [2.24, 2.45) is 0 Å². The van der Waals surface area contributed by atoms with Gasteiger partial charge in [0, 0.05) is 6.54 Å². The lowest BCUT2D eigenvalue weighted by molar-refractivity contribution is 0.252. The number of aromatic nitrogens is 2. The highest BCUT2D eigenvalue weighted by Gasteiger charge is 2.27.